The minimum atomic E-state index is -0.0610. The van der Waals surface area contributed by atoms with Gasteiger partial charge in [0.2, 0.25) is 11.8 Å². The van der Waals surface area contributed by atoms with E-state index in [0.29, 0.717) is 31.5 Å². The van der Waals surface area contributed by atoms with Crippen LogP contribution in [0, 0.1) is 0 Å². The summed E-state index contributed by atoms with van der Waals surface area (Å²) >= 11 is 0. The van der Waals surface area contributed by atoms with E-state index in [1.807, 2.05) is 31.2 Å². The van der Waals surface area contributed by atoms with E-state index < -0.39 is 0 Å². The summed E-state index contributed by atoms with van der Waals surface area (Å²) in [7, 11) is 0. The lowest BCUT2D eigenvalue weighted by molar-refractivity contribution is 0.279. The highest BCUT2D eigenvalue weighted by molar-refractivity contribution is 6.07. The van der Waals surface area contributed by atoms with Gasteiger partial charge in [0, 0.05) is 36.4 Å². The largest absolute Gasteiger partial charge is 0.476 e. The molecule has 0 spiro atoms. The number of ether oxygens (including phenoxy) is 1. The quantitative estimate of drug-likeness (QED) is 0.422. The molecular formula is C21H23N5O3. The number of aliphatic hydroxyl groups is 2. The number of hydrogen-bond acceptors (Lipinski definition) is 7. The monoisotopic (exact) mass is 393 g/mol. The predicted molar refractivity (Wildman–Crippen MR) is 112 cm³/mol. The number of H-pyrrole nitrogens is 1. The van der Waals surface area contributed by atoms with Crippen molar-refractivity contribution in [3.05, 3.63) is 42.7 Å². The highest BCUT2D eigenvalue weighted by atomic mass is 16.5. The second-order valence-electron chi connectivity index (χ2n) is 6.54. The van der Waals surface area contributed by atoms with Crippen molar-refractivity contribution < 1.29 is 14.9 Å². The first kappa shape index (κ1) is 19.1. The number of nitrogens with one attached hydrogen (secondary N) is 1. The number of rotatable bonds is 8. The van der Waals surface area contributed by atoms with Crippen molar-refractivity contribution in [2.45, 2.75) is 6.92 Å². The topological polar surface area (TPSA) is 107 Å². The standard InChI is InChI=1S/C21H23N5O3/c1-2-29-20-19-18(24-21(25-20)26(9-11-27)10-12-28)16-4-3-15(13-17(16)23-19)14-5-7-22-8-6-14/h3-8,13,23,27-28H,2,9-12H2,1H3. The zero-order valence-corrected chi connectivity index (χ0v) is 16.2. The molecule has 0 aliphatic heterocycles. The summed E-state index contributed by atoms with van der Waals surface area (Å²) in [6, 6.07) is 10.1. The Morgan fingerprint density at radius 3 is 2.45 bits per heavy atom. The second kappa shape index (κ2) is 8.42. The molecule has 0 amide bonds. The molecule has 4 rings (SSSR count). The number of pyridine rings is 1. The number of fused-ring (bicyclic) bond motifs is 3. The highest BCUT2D eigenvalue weighted by Gasteiger charge is 2.18. The fraction of sp³-hybridized carbons (Fsp3) is 0.286. The number of anilines is 1. The van der Waals surface area contributed by atoms with Gasteiger partial charge in [-0.1, -0.05) is 12.1 Å². The number of aromatic amines is 1. The molecule has 3 N–H and O–H groups in total. The summed E-state index contributed by atoms with van der Waals surface area (Å²) < 4.78 is 5.77. The molecule has 0 fully saturated rings. The van der Waals surface area contributed by atoms with Gasteiger partial charge in [0.05, 0.1) is 19.8 Å². The molecule has 0 atom stereocenters. The van der Waals surface area contributed by atoms with Crippen LogP contribution in [0.1, 0.15) is 6.92 Å². The molecule has 0 radical (unpaired) electrons. The van der Waals surface area contributed by atoms with Gasteiger partial charge in [0.1, 0.15) is 11.0 Å². The number of nitrogens with zero attached hydrogens (tertiary/aromatic N) is 4. The van der Waals surface area contributed by atoms with Crippen molar-refractivity contribution in [1.82, 2.24) is 19.9 Å². The fourth-order valence-corrected chi connectivity index (χ4v) is 3.39. The molecule has 4 aromatic rings. The maximum Gasteiger partial charge on any atom is 0.243 e. The first-order valence-corrected chi connectivity index (χ1v) is 9.58. The number of aliphatic hydroxyl groups excluding tert-OH is 2. The number of hydrogen-bond donors (Lipinski definition) is 3. The molecule has 0 aliphatic rings. The Bertz CT molecular complexity index is 1110. The Labute approximate surface area is 167 Å². The maximum absolute atomic E-state index is 9.36. The normalized spacial score (nSPS) is 11.3. The minimum absolute atomic E-state index is 0.0610. The van der Waals surface area contributed by atoms with Crippen LogP contribution in [0.15, 0.2) is 42.7 Å². The van der Waals surface area contributed by atoms with Crippen LogP contribution in [-0.4, -0.2) is 63.1 Å². The lowest BCUT2D eigenvalue weighted by Crippen LogP contribution is -2.31. The Morgan fingerprint density at radius 2 is 1.76 bits per heavy atom. The van der Waals surface area contributed by atoms with E-state index in [2.05, 4.69) is 21.0 Å². The summed E-state index contributed by atoms with van der Waals surface area (Å²) in [6.45, 7) is 2.89. The lowest BCUT2D eigenvalue weighted by Gasteiger charge is -2.21. The average molecular weight is 393 g/mol. The van der Waals surface area contributed by atoms with E-state index in [1.54, 1.807) is 17.3 Å². The predicted octanol–water partition coefficient (Wildman–Crippen LogP) is 2.36. The van der Waals surface area contributed by atoms with E-state index in [4.69, 9.17) is 9.72 Å². The smallest absolute Gasteiger partial charge is 0.243 e. The van der Waals surface area contributed by atoms with Gasteiger partial charge in [-0.05, 0) is 36.2 Å². The molecular weight excluding hydrogens is 370 g/mol. The molecule has 0 bridgehead atoms. The van der Waals surface area contributed by atoms with Crippen LogP contribution in [0.5, 0.6) is 5.88 Å². The lowest BCUT2D eigenvalue weighted by atomic mass is 10.1. The van der Waals surface area contributed by atoms with Crippen molar-refractivity contribution in [1.29, 1.82) is 0 Å². The Balaban J connectivity index is 1.88. The summed E-state index contributed by atoms with van der Waals surface area (Å²) in [5.41, 5.74) is 4.55. The summed E-state index contributed by atoms with van der Waals surface area (Å²) in [5.74, 6) is 0.873. The average Bonchev–Trinajstić information content (AvgIpc) is 3.12. The van der Waals surface area contributed by atoms with Crippen LogP contribution in [0.2, 0.25) is 0 Å². The van der Waals surface area contributed by atoms with E-state index in [-0.39, 0.29) is 13.2 Å². The molecule has 29 heavy (non-hydrogen) atoms. The second-order valence-corrected chi connectivity index (χ2v) is 6.54. The van der Waals surface area contributed by atoms with Crippen LogP contribution in [-0.2, 0) is 0 Å². The van der Waals surface area contributed by atoms with Crippen molar-refractivity contribution in [2.75, 3.05) is 37.8 Å². The van der Waals surface area contributed by atoms with Crippen molar-refractivity contribution in [3.8, 4) is 17.0 Å². The molecule has 3 heterocycles. The van der Waals surface area contributed by atoms with Crippen LogP contribution >= 0.6 is 0 Å². The van der Waals surface area contributed by atoms with Crippen LogP contribution < -0.4 is 9.64 Å². The van der Waals surface area contributed by atoms with Gasteiger partial charge in [0.15, 0.2) is 0 Å². The Kier molecular flexibility index (Phi) is 5.55. The fourth-order valence-electron chi connectivity index (χ4n) is 3.39. The molecule has 0 unspecified atom stereocenters. The molecule has 8 heteroatoms. The summed E-state index contributed by atoms with van der Waals surface area (Å²) in [6.07, 6.45) is 3.54. The van der Waals surface area contributed by atoms with Crippen molar-refractivity contribution >= 4 is 27.9 Å². The van der Waals surface area contributed by atoms with Gasteiger partial charge >= 0.3 is 0 Å². The third-order valence-electron chi connectivity index (χ3n) is 4.72. The number of benzene rings is 1. The van der Waals surface area contributed by atoms with E-state index in [0.717, 1.165) is 33.1 Å². The zero-order chi connectivity index (χ0) is 20.2. The minimum Gasteiger partial charge on any atom is -0.476 e. The number of aromatic nitrogens is 4. The van der Waals surface area contributed by atoms with Crippen LogP contribution in [0.3, 0.4) is 0 Å². The van der Waals surface area contributed by atoms with Gasteiger partial charge in [-0.2, -0.15) is 4.98 Å². The van der Waals surface area contributed by atoms with E-state index >= 15 is 0 Å². The Hall–Kier alpha value is -3.23. The van der Waals surface area contributed by atoms with Gasteiger partial charge < -0.3 is 24.8 Å². The SMILES string of the molecule is CCOc1nc(N(CCO)CCO)nc2c1[nH]c1cc(-c3ccncc3)ccc12. The molecule has 3 aromatic heterocycles. The third-order valence-corrected chi connectivity index (χ3v) is 4.72. The van der Waals surface area contributed by atoms with Crippen molar-refractivity contribution in [2.24, 2.45) is 0 Å². The van der Waals surface area contributed by atoms with Gasteiger partial charge in [-0.15, -0.1) is 0 Å². The van der Waals surface area contributed by atoms with Gasteiger partial charge in [-0.3, -0.25) is 4.98 Å². The molecule has 1 aromatic carbocycles. The summed E-state index contributed by atoms with van der Waals surface area (Å²) in [4.78, 5) is 18.5. The summed E-state index contributed by atoms with van der Waals surface area (Å²) in [5, 5.41) is 19.7. The van der Waals surface area contributed by atoms with Gasteiger partial charge in [0.25, 0.3) is 0 Å². The maximum atomic E-state index is 9.36. The molecule has 150 valence electrons. The molecule has 0 aliphatic carbocycles. The van der Waals surface area contributed by atoms with Crippen molar-refractivity contribution in [3.63, 3.8) is 0 Å². The molecule has 8 nitrogen and oxygen atoms in total. The first-order chi connectivity index (χ1) is 14.2. The first-order valence-electron chi connectivity index (χ1n) is 9.58. The molecule has 0 saturated heterocycles. The van der Waals surface area contributed by atoms with E-state index in [1.165, 1.54) is 0 Å². The highest BCUT2D eigenvalue weighted by Crippen LogP contribution is 2.33. The van der Waals surface area contributed by atoms with Crippen LogP contribution in [0.4, 0.5) is 5.95 Å². The zero-order valence-electron chi connectivity index (χ0n) is 16.2. The van der Waals surface area contributed by atoms with E-state index in [9.17, 15) is 10.2 Å². The third kappa shape index (κ3) is 3.72. The van der Waals surface area contributed by atoms with Gasteiger partial charge in [-0.25, -0.2) is 4.98 Å². The molecule has 0 saturated carbocycles. The van der Waals surface area contributed by atoms with Crippen LogP contribution in [0.25, 0.3) is 33.1 Å². The Morgan fingerprint density at radius 1 is 1.00 bits per heavy atom.